The Balaban J connectivity index is 1.93. The molecule has 0 aromatic heterocycles. The van der Waals surface area contributed by atoms with Gasteiger partial charge in [-0.2, -0.15) is 0 Å². The summed E-state index contributed by atoms with van der Waals surface area (Å²) < 4.78 is 5.34. The summed E-state index contributed by atoms with van der Waals surface area (Å²) in [5.41, 5.74) is 2.89. The predicted octanol–water partition coefficient (Wildman–Crippen LogP) is 2.81. The fourth-order valence-corrected chi connectivity index (χ4v) is 2.72. The fraction of sp³-hybridized carbons (Fsp3) is 0.625. The van der Waals surface area contributed by atoms with E-state index in [-0.39, 0.29) is 0 Å². The van der Waals surface area contributed by atoms with Gasteiger partial charge in [-0.3, -0.25) is 0 Å². The first-order chi connectivity index (χ1) is 8.78. The second kappa shape index (κ2) is 6.91. The minimum atomic E-state index is 0.305. The topological polar surface area (TPSA) is 21.3 Å². The predicted molar refractivity (Wildman–Crippen MR) is 75.9 cm³/mol. The summed E-state index contributed by atoms with van der Waals surface area (Å²) in [5.74, 6) is 0.862. The van der Waals surface area contributed by atoms with Crippen molar-refractivity contribution in [3.05, 3.63) is 35.4 Å². The van der Waals surface area contributed by atoms with Gasteiger partial charge in [-0.05, 0) is 62.7 Å². The van der Waals surface area contributed by atoms with Crippen LogP contribution in [0.2, 0.25) is 0 Å². The number of hydrogen-bond donors (Lipinski definition) is 1. The van der Waals surface area contributed by atoms with Crippen LogP contribution in [0.25, 0.3) is 0 Å². The van der Waals surface area contributed by atoms with E-state index in [1.54, 1.807) is 7.11 Å². The van der Waals surface area contributed by atoms with E-state index in [1.165, 1.54) is 43.5 Å². The van der Waals surface area contributed by atoms with Gasteiger partial charge in [0.1, 0.15) is 0 Å². The average Bonchev–Trinajstić information content (AvgIpc) is 2.40. The van der Waals surface area contributed by atoms with Crippen molar-refractivity contribution in [1.29, 1.82) is 0 Å². The summed E-state index contributed by atoms with van der Waals surface area (Å²) in [4.78, 5) is 0. The third kappa shape index (κ3) is 4.11. The zero-order valence-electron chi connectivity index (χ0n) is 11.6. The maximum absolute atomic E-state index is 5.34. The molecule has 1 aromatic carbocycles. The fourth-order valence-electron chi connectivity index (χ4n) is 2.72. The van der Waals surface area contributed by atoms with Crippen molar-refractivity contribution in [2.24, 2.45) is 5.92 Å². The Hall–Kier alpha value is -0.860. The normalized spacial score (nSPS) is 18.8. The minimum Gasteiger partial charge on any atom is -0.381 e. The van der Waals surface area contributed by atoms with Crippen molar-refractivity contribution >= 4 is 0 Å². The highest BCUT2D eigenvalue weighted by molar-refractivity contribution is 5.24. The third-order valence-corrected chi connectivity index (χ3v) is 3.90. The van der Waals surface area contributed by atoms with Crippen molar-refractivity contribution in [3.63, 3.8) is 0 Å². The van der Waals surface area contributed by atoms with Crippen LogP contribution in [0, 0.1) is 5.92 Å². The average molecular weight is 247 g/mol. The molecule has 1 aromatic rings. The largest absolute Gasteiger partial charge is 0.381 e. The lowest BCUT2D eigenvalue weighted by Crippen LogP contribution is -2.28. The van der Waals surface area contributed by atoms with Crippen LogP contribution < -0.4 is 5.32 Å². The summed E-state index contributed by atoms with van der Waals surface area (Å²) in [5, 5.41) is 3.43. The summed E-state index contributed by atoms with van der Waals surface area (Å²) >= 11 is 0. The molecule has 1 aliphatic rings. The maximum Gasteiger partial charge on any atom is 0.0583 e. The maximum atomic E-state index is 5.34. The molecule has 0 aliphatic carbocycles. The molecule has 1 aliphatic heterocycles. The van der Waals surface area contributed by atoms with Gasteiger partial charge in [0.2, 0.25) is 0 Å². The lowest BCUT2D eigenvalue weighted by atomic mass is 9.90. The molecule has 18 heavy (non-hydrogen) atoms. The second-order valence-corrected chi connectivity index (χ2v) is 5.47. The molecule has 100 valence electrons. The van der Waals surface area contributed by atoms with Crippen molar-refractivity contribution in [2.45, 2.75) is 38.7 Å². The molecule has 0 bridgehead atoms. The number of nitrogens with one attached hydrogen (secondary N) is 1. The Morgan fingerprint density at radius 1 is 1.28 bits per heavy atom. The summed E-state index contributed by atoms with van der Waals surface area (Å²) in [6.45, 7) is 4.50. The van der Waals surface area contributed by atoms with Gasteiger partial charge < -0.3 is 10.1 Å². The van der Waals surface area contributed by atoms with Crippen molar-refractivity contribution in [2.75, 3.05) is 20.2 Å². The molecule has 1 atom stereocenters. The van der Waals surface area contributed by atoms with E-state index in [0.717, 1.165) is 12.3 Å². The van der Waals surface area contributed by atoms with Crippen LogP contribution in [0.1, 0.15) is 30.9 Å². The van der Waals surface area contributed by atoms with Gasteiger partial charge in [-0.1, -0.05) is 24.3 Å². The van der Waals surface area contributed by atoms with Crippen LogP contribution in [0.5, 0.6) is 0 Å². The van der Waals surface area contributed by atoms with E-state index in [9.17, 15) is 0 Å². The zero-order valence-corrected chi connectivity index (χ0v) is 11.6. The van der Waals surface area contributed by atoms with E-state index < -0.39 is 0 Å². The highest BCUT2D eigenvalue weighted by Gasteiger charge is 2.13. The highest BCUT2D eigenvalue weighted by Crippen LogP contribution is 2.19. The van der Waals surface area contributed by atoms with Gasteiger partial charge >= 0.3 is 0 Å². The number of ether oxygens (including phenoxy) is 1. The van der Waals surface area contributed by atoms with Crippen molar-refractivity contribution in [3.8, 4) is 0 Å². The molecule has 2 heteroatoms. The van der Waals surface area contributed by atoms with E-state index in [0.29, 0.717) is 6.10 Å². The van der Waals surface area contributed by atoms with E-state index >= 15 is 0 Å². The molecule has 1 heterocycles. The van der Waals surface area contributed by atoms with Gasteiger partial charge in [-0.25, -0.2) is 0 Å². The summed E-state index contributed by atoms with van der Waals surface area (Å²) in [7, 11) is 1.78. The summed E-state index contributed by atoms with van der Waals surface area (Å²) in [6.07, 6.45) is 5.18. The van der Waals surface area contributed by atoms with Gasteiger partial charge in [0.25, 0.3) is 0 Å². The smallest absolute Gasteiger partial charge is 0.0583 e. The molecule has 1 saturated heterocycles. The Morgan fingerprint density at radius 2 is 2.00 bits per heavy atom. The van der Waals surface area contributed by atoms with Gasteiger partial charge in [0.05, 0.1) is 6.10 Å². The summed E-state index contributed by atoms with van der Waals surface area (Å²) in [6, 6.07) is 9.02. The molecule has 1 unspecified atom stereocenters. The Labute approximate surface area is 111 Å². The standard InChI is InChI=1S/C16H25NO/c1-13(18-2)10-15-4-3-5-16(12-15)11-14-6-8-17-9-7-14/h3-5,12-14,17H,6-11H2,1-2H3. The monoisotopic (exact) mass is 247 g/mol. The Bertz CT molecular complexity index is 358. The molecule has 0 radical (unpaired) electrons. The lowest BCUT2D eigenvalue weighted by Gasteiger charge is -2.22. The van der Waals surface area contributed by atoms with E-state index in [4.69, 9.17) is 4.74 Å². The second-order valence-electron chi connectivity index (χ2n) is 5.47. The van der Waals surface area contributed by atoms with E-state index in [2.05, 4.69) is 36.5 Å². The molecule has 2 rings (SSSR count). The molecule has 2 nitrogen and oxygen atoms in total. The molecule has 0 amide bonds. The first-order valence-corrected chi connectivity index (χ1v) is 7.09. The highest BCUT2D eigenvalue weighted by atomic mass is 16.5. The molecule has 0 saturated carbocycles. The quantitative estimate of drug-likeness (QED) is 0.864. The Morgan fingerprint density at radius 3 is 2.72 bits per heavy atom. The van der Waals surface area contributed by atoms with Crippen LogP contribution in [0.4, 0.5) is 0 Å². The van der Waals surface area contributed by atoms with E-state index in [1.807, 2.05) is 0 Å². The van der Waals surface area contributed by atoms with Crippen molar-refractivity contribution < 1.29 is 4.74 Å². The number of rotatable bonds is 5. The molecule has 1 fully saturated rings. The van der Waals surface area contributed by atoms with Crippen LogP contribution >= 0.6 is 0 Å². The zero-order chi connectivity index (χ0) is 12.8. The number of methoxy groups -OCH3 is 1. The minimum absolute atomic E-state index is 0.305. The van der Waals surface area contributed by atoms with Crippen LogP contribution in [0.3, 0.4) is 0 Å². The number of hydrogen-bond acceptors (Lipinski definition) is 2. The number of benzene rings is 1. The number of piperidine rings is 1. The van der Waals surface area contributed by atoms with Gasteiger partial charge in [0, 0.05) is 7.11 Å². The molecule has 1 N–H and O–H groups in total. The Kier molecular flexibility index (Phi) is 5.21. The first kappa shape index (κ1) is 13.6. The van der Waals surface area contributed by atoms with Crippen LogP contribution in [-0.2, 0) is 17.6 Å². The first-order valence-electron chi connectivity index (χ1n) is 7.09. The van der Waals surface area contributed by atoms with Crippen LogP contribution in [0.15, 0.2) is 24.3 Å². The molecule has 0 spiro atoms. The van der Waals surface area contributed by atoms with Gasteiger partial charge in [0.15, 0.2) is 0 Å². The SMILES string of the molecule is COC(C)Cc1cccc(CC2CCNCC2)c1. The lowest BCUT2D eigenvalue weighted by molar-refractivity contribution is 0.119. The van der Waals surface area contributed by atoms with Crippen molar-refractivity contribution in [1.82, 2.24) is 5.32 Å². The van der Waals surface area contributed by atoms with Crippen LogP contribution in [-0.4, -0.2) is 26.3 Å². The van der Waals surface area contributed by atoms with Gasteiger partial charge in [-0.15, -0.1) is 0 Å². The molecular formula is C16H25NO. The third-order valence-electron chi connectivity index (χ3n) is 3.90. The molecular weight excluding hydrogens is 222 g/mol.